The van der Waals surface area contributed by atoms with Gasteiger partial charge in [-0.2, -0.15) is 0 Å². The summed E-state index contributed by atoms with van der Waals surface area (Å²) in [5.74, 6) is 0.231. The highest BCUT2D eigenvalue weighted by atomic mass is 16.2. The number of rotatable bonds is 4. The van der Waals surface area contributed by atoms with Crippen LogP contribution in [0.2, 0.25) is 0 Å². The van der Waals surface area contributed by atoms with E-state index in [0.717, 1.165) is 25.1 Å². The van der Waals surface area contributed by atoms with E-state index in [4.69, 9.17) is 0 Å². The minimum absolute atomic E-state index is 0.0313. The van der Waals surface area contributed by atoms with Crippen molar-refractivity contribution in [1.29, 1.82) is 0 Å². The van der Waals surface area contributed by atoms with Crippen LogP contribution in [0.3, 0.4) is 0 Å². The lowest BCUT2D eigenvalue weighted by Gasteiger charge is -2.34. The molecule has 0 aromatic heterocycles. The van der Waals surface area contributed by atoms with E-state index in [1.54, 1.807) is 7.05 Å². The van der Waals surface area contributed by atoms with Crippen molar-refractivity contribution in [3.8, 4) is 0 Å². The second-order valence-electron chi connectivity index (χ2n) is 6.82. The van der Waals surface area contributed by atoms with Crippen LogP contribution < -0.4 is 5.32 Å². The van der Waals surface area contributed by atoms with Crippen molar-refractivity contribution in [2.75, 3.05) is 39.8 Å². The van der Waals surface area contributed by atoms with Gasteiger partial charge in [-0.05, 0) is 42.4 Å². The van der Waals surface area contributed by atoms with Gasteiger partial charge in [-0.1, -0.05) is 18.2 Å². The number of carbonyl (C=O) groups is 2. The van der Waals surface area contributed by atoms with Crippen molar-refractivity contribution in [1.82, 2.24) is 15.1 Å². The number of hydrogen-bond donors (Lipinski definition) is 1. The van der Waals surface area contributed by atoms with Gasteiger partial charge in [0.05, 0.1) is 13.0 Å². The summed E-state index contributed by atoms with van der Waals surface area (Å²) in [5, 5.41) is 2.64. The molecule has 3 rings (SSSR count). The first-order valence-corrected chi connectivity index (χ1v) is 8.97. The molecule has 1 saturated heterocycles. The first-order valence-electron chi connectivity index (χ1n) is 8.97. The van der Waals surface area contributed by atoms with Crippen LogP contribution >= 0.6 is 0 Å². The van der Waals surface area contributed by atoms with Gasteiger partial charge in [0.25, 0.3) is 0 Å². The smallest absolute Gasteiger partial charge is 0.233 e. The lowest BCUT2D eigenvalue weighted by atomic mass is 9.90. The summed E-state index contributed by atoms with van der Waals surface area (Å²) in [6.07, 6.45) is 5.36. The third-order valence-corrected chi connectivity index (χ3v) is 5.14. The highest BCUT2D eigenvalue weighted by Gasteiger charge is 2.22. The fourth-order valence-electron chi connectivity index (χ4n) is 3.62. The van der Waals surface area contributed by atoms with Crippen molar-refractivity contribution < 1.29 is 9.59 Å². The Bertz CT molecular complexity index is 607. The summed E-state index contributed by atoms with van der Waals surface area (Å²) in [6.45, 7) is 3.37. The number of nitrogens with one attached hydrogen (secondary N) is 1. The fourth-order valence-corrected chi connectivity index (χ4v) is 3.62. The molecule has 0 bridgehead atoms. The number of fused-ring (bicyclic) bond motifs is 1. The molecule has 1 fully saturated rings. The first kappa shape index (κ1) is 17.0. The number of carbonyl (C=O) groups excluding carboxylic acids is 2. The number of benzene rings is 1. The van der Waals surface area contributed by atoms with Crippen LogP contribution in [0, 0.1) is 0 Å². The van der Waals surface area contributed by atoms with Crippen LogP contribution in [0.4, 0.5) is 0 Å². The second-order valence-corrected chi connectivity index (χ2v) is 6.82. The summed E-state index contributed by atoms with van der Waals surface area (Å²) in [4.78, 5) is 28.0. The highest BCUT2D eigenvalue weighted by Crippen LogP contribution is 2.22. The molecule has 1 aromatic rings. The van der Waals surface area contributed by atoms with Gasteiger partial charge in [0.2, 0.25) is 11.8 Å². The van der Waals surface area contributed by atoms with E-state index in [0.29, 0.717) is 26.1 Å². The van der Waals surface area contributed by atoms with Crippen molar-refractivity contribution >= 4 is 11.8 Å². The molecular formula is C19H27N3O2. The Morgan fingerprint density at radius 2 is 1.75 bits per heavy atom. The van der Waals surface area contributed by atoms with Crippen LogP contribution in [0.25, 0.3) is 0 Å². The summed E-state index contributed by atoms with van der Waals surface area (Å²) in [6, 6.07) is 6.55. The molecule has 0 unspecified atom stereocenters. The maximum Gasteiger partial charge on any atom is 0.233 e. The summed E-state index contributed by atoms with van der Waals surface area (Å²) >= 11 is 0. The van der Waals surface area contributed by atoms with Crippen LogP contribution in [-0.4, -0.2) is 61.4 Å². The minimum atomic E-state index is 0.0313. The van der Waals surface area contributed by atoms with E-state index in [1.807, 2.05) is 4.90 Å². The maximum absolute atomic E-state index is 12.5. The van der Waals surface area contributed by atoms with E-state index in [2.05, 4.69) is 28.4 Å². The average molecular weight is 329 g/mol. The Hall–Kier alpha value is -1.88. The number of piperazine rings is 1. The Kier molecular flexibility index (Phi) is 5.51. The van der Waals surface area contributed by atoms with Gasteiger partial charge in [0.1, 0.15) is 0 Å². The summed E-state index contributed by atoms with van der Waals surface area (Å²) in [5.41, 5.74) is 4.02. The molecule has 1 heterocycles. The molecule has 24 heavy (non-hydrogen) atoms. The molecule has 0 atom stereocenters. The number of amides is 2. The lowest BCUT2D eigenvalue weighted by Crippen LogP contribution is -2.51. The van der Waals surface area contributed by atoms with Gasteiger partial charge in [0, 0.05) is 33.2 Å². The van der Waals surface area contributed by atoms with E-state index in [-0.39, 0.29) is 11.8 Å². The molecule has 1 aliphatic carbocycles. The SMILES string of the molecule is CNC(=O)CN1CCN(C(=O)Cc2ccc3c(c2)CCCC3)CC1. The summed E-state index contributed by atoms with van der Waals surface area (Å²) in [7, 11) is 1.65. The zero-order valence-corrected chi connectivity index (χ0v) is 14.5. The average Bonchev–Trinajstić information content (AvgIpc) is 2.62. The molecule has 5 nitrogen and oxygen atoms in total. The fraction of sp³-hybridized carbons (Fsp3) is 0.579. The maximum atomic E-state index is 12.5. The lowest BCUT2D eigenvalue weighted by molar-refractivity contribution is -0.132. The van der Waals surface area contributed by atoms with Crippen molar-refractivity contribution in [3.63, 3.8) is 0 Å². The Balaban J connectivity index is 1.52. The quantitative estimate of drug-likeness (QED) is 0.897. The van der Waals surface area contributed by atoms with Crippen molar-refractivity contribution in [3.05, 3.63) is 34.9 Å². The summed E-state index contributed by atoms with van der Waals surface area (Å²) < 4.78 is 0. The van der Waals surface area contributed by atoms with Gasteiger partial charge in [0.15, 0.2) is 0 Å². The van der Waals surface area contributed by atoms with Crippen molar-refractivity contribution in [2.45, 2.75) is 32.1 Å². The standard InChI is InChI=1S/C19H27N3O2/c1-20-18(23)14-21-8-10-22(11-9-21)19(24)13-15-6-7-16-4-2-3-5-17(16)12-15/h6-7,12H,2-5,8-11,13-14H2,1H3,(H,20,23). The van der Waals surface area contributed by atoms with Gasteiger partial charge in [-0.15, -0.1) is 0 Å². The van der Waals surface area contributed by atoms with E-state index in [9.17, 15) is 9.59 Å². The van der Waals surface area contributed by atoms with Crippen LogP contribution in [-0.2, 0) is 28.9 Å². The molecule has 1 aromatic carbocycles. The van der Waals surface area contributed by atoms with Crippen molar-refractivity contribution in [2.24, 2.45) is 0 Å². The van der Waals surface area contributed by atoms with E-state index < -0.39 is 0 Å². The minimum Gasteiger partial charge on any atom is -0.358 e. The first-order chi connectivity index (χ1) is 11.7. The largest absolute Gasteiger partial charge is 0.358 e. The number of hydrogen-bond acceptors (Lipinski definition) is 3. The Morgan fingerprint density at radius 3 is 2.46 bits per heavy atom. The van der Waals surface area contributed by atoms with E-state index in [1.165, 1.54) is 30.4 Å². The molecule has 130 valence electrons. The van der Waals surface area contributed by atoms with Gasteiger partial charge in [-0.3, -0.25) is 14.5 Å². The molecule has 0 radical (unpaired) electrons. The van der Waals surface area contributed by atoms with Gasteiger partial charge < -0.3 is 10.2 Å². The van der Waals surface area contributed by atoms with Gasteiger partial charge in [-0.25, -0.2) is 0 Å². The number of aryl methyl sites for hydroxylation is 2. The van der Waals surface area contributed by atoms with Crippen LogP contribution in [0.15, 0.2) is 18.2 Å². The van der Waals surface area contributed by atoms with E-state index >= 15 is 0 Å². The third kappa shape index (κ3) is 4.15. The monoisotopic (exact) mass is 329 g/mol. The molecule has 2 aliphatic rings. The Morgan fingerprint density at radius 1 is 1.04 bits per heavy atom. The topological polar surface area (TPSA) is 52.7 Å². The number of nitrogens with zero attached hydrogens (tertiary/aromatic N) is 2. The van der Waals surface area contributed by atoms with Crippen LogP contribution in [0.1, 0.15) is 29.5 Å². The molecule has 0 saturated carbocycles. The third-order valence-electron chi connectivity index (χ3n) is 5.14. The zero-order valence-electron chi connectivity index (χ0n) is 14.5. The molecular weight excluding hydrogens is 302 g/mol. The normalized spacial score (nSPS) is 18.1. The molecule has 2 amide bonds. The Labute approximate surface area is 144 Å². The zero-order chi connectivity index (χ0) is 16.9. The highest BCUT2D eigenvalue weighted by molar-refractivity contribution is 5.79. The van der Waals surface area contributed by atoms with Gasteiger partial charge >= 0.3 is 0 Å². The molecule has 1 N–H and O–H groups in total. The number of likely N-dealkylation sites (N-methyl/N-ethyl adjacent to an activating group) is 1. The molecule has 5 heteroatoms. The molecule has 0 spiro atoms. The second kappa shape index (κ2) is 7.79. The predicted molar refractivity (Wildman–Crippen MR) is 93.9 cm³/mol. The van der Waals surface area contributed by atoms with Crippen LogP contribution in [0.5, 0.6) is 0 Å². The molecule has 1 aliphatic heterocycles. The predicted octanol–water partition coefficient (Wildman–Crippen LogP) is 0.998.